The van der Waals surface area contributed by atoms with Crippen molar-refractivity contribution in [2.45, 2.75) is 6.92 Å². The molecule has 22 heavy (non-hydrogen) atoms. The molecule has 2 aliphatic heterocycles. The number of anilines is 1. The van der Waals surface area contributed by atoms with Gasteiger partial charge >= 0.3 is 0 Å². The molecule has 2 aliphatic rings. The Morgan fingerprint density at radius 1 is 1.09 bits per heavy atom. The molecule has 1 aromatic rings. The van der Waals surface area contributed by atoms with E-state index in [9.17, 15) is 17.2 Å². The standard InChI is InChI=1S/C15H14F2N2O2S/c1-10-14-8-19(13-6-11(16)5-12(17)7-13)9-18(14)4-3-15(10)22(2,20)21/h3-8H,9H2,1-2H3. The minimum atomic E-state index is -3.32. The van der Waals surface area contributed by atoms with Crippen molar-refractivity contribution in [3.63, 3.8) is 0 Å². The van der Waals surface area contributed by atoms with Crippen LogP contribution in [0.5, 0.6) is 0 Å². The van der Waals surface area contributed by atoms with Crippen molar-refractivity contribution in [3.05, 3.63) is 64.5 Å². The zero-order chi connectivity index (χ0) is 16.1. The number of sulfone groups is 1. The van der Waals surface area contributed by atoms with Crippen molar-refractivity contribution in [1.82, 2.24) is 4.90 Å². The van der Waals surface area contributed by atoms with Crippen LogP contribution >= 0.6 is 0 Å². The fourth-order valence-electron chi connectivity index (χ4n) is 2.61. The van der Waals surface area contributed by atoms with Gasteiger partial charge in [0.2, 0.25) is 0 Å². The van der Waals surface area contributed by atoms with Gasteiger partial charge in [-0.25, -0.2) is 17.2 Å². The summed E-state index contributed by atoms with van der Waals surface area (Å²) in [5.41, 5.74) is 1.69. The molecule has 0 bridgehead atoms. The summed E-state index contributed by atoms with van der Waals surface area (Å²) in [6.07, 6.45) is 6.04. The molecule has 116 valence electrons. The smallest absolute Gasteiger partial charge is 0.175 e. The number of fused-ring (bicyclic) bond motifs is 1. The molecule has 4 nitrogen and oxygen atoms in total. The first-order chi connectivity index (χ1) is 10.3. The van der Waals surface area contributed by atoms with Crippen LogP contribution in [0, 0.1) is 11.6 Å². The van der Waals surface area contributed by atoms with Crippen molar-refractivity contribution in [2.75, 3.05) is 17.8 Å². The highest BCUT2D eigenvalue weighted by Gasteiger charge is 2.28. The van der Waals surface area contributed by atoms with Crippen LogP contribution in [0.3, 0.4) is 0 Å². The number of nitrogens with zero attached hydrogens (tertiary/aromatic N) is 2. The van der Waals surface area contributed by atoms with E-state index >= 15 is 0 Å². The van der Waals surface area contributed by atoms with E-state index in [1.54, 1.807) is 24.2 Å². The van der Waals surface area contributed by atoms with Crippen molar-refractivity contribution >= 4 is 15.5 Å². The lowest BCUT2D eigenvalue weighted by molar-refractivity contribution is 0.509. The Balaban J connectivity index is 2.02. The molecule has 0 radical (unpaired) electrons. The van der Waals surface area contributed by atoms with Crippen LogP contribution in [0.15, 0.2) is 52.9 Å². The van der Waals surface area contributed by atoms with E-state index in [4.69, 9.17) is 0 Å². The molecule has 0 atom stereocenters. The lowest BCUT2D eigenvalue weighted by atomic mass is 10.1. The summed E-state index contributed by atoms with van der Waals surface area (Å²) in [6.45, 7) is 2.08. The number of hydrogen-bond donors (Lipinski definition) is 0. The molecule has 0 saturated carbocycles. The van der Waals surface area contributed by atoms with Gasteiger partial charge in [-0.2, -0.15) is 0 Å². The molecule has 0 aromatic heterocycles. The Morgan fingerprint density at radius 3 is 2.32 bits per heavy atom. The predicted octanol–water partition coefficient (Wildman–Crippen LogP) is 2.73. The van der Waals surface area contributed by atoms with Crippen molar-refractivity contribution in [3.8, 4) is 0 Å². The molecule has 0 N–H and O–H groups in total. The molecular formula is C15H14F2N2O2S. The number of rotatable bonds is 2. The van der Waals surface area contributed by atoms with Gasteiger partial charge in [0.25, 0.3) is 0 Å². The molecule has 0 fully saturated rings. The van der Waals surface area contributed by atoms with Crippen molar-refractivity contribution in [2.24, 2.45) is 0 Å². The SMILES string of the molecule is CC1=C(S(C)(=O)=O)C=CN2CN(c3cc(F)cc(F)c3)C=C12. The summed E-state index contributed by atoms with van der Waals surface area (Å²) in [6, 6.07) is 3.28. The van der Waals surface area contributed by atoms with Gasteiger partial charge in [-0.1, -0.05) is 0 Å². The average molecular weight is 324 g/mol. The molecule has 1 aromatic carbocycles. The van der Waals surface area contributed by atoms with E-state index < -0.39 is 21.5 Å². The lowest BCUT2D eigenvalue weighted by Gasteiger charge is -2.24. The van der Waals surface area contributed by atoms with Crippen LogP contribution < -0.4 is 4.90 Å². The maximum atomic E-state index is 13.3. The Morgan fingerprint density at radius 2 is 1.73 bits per heavy atom. The van der Waals surface area contributed by atoms with Gasteiger partial charge in [-0.3, -0.25) is 0 Å². The molecule has 0 amide bonds. The van der Waals surface area contributed by atoms with Gasteiger partial charge in [-0.05, 0) is 30.7 Å². The zero-order valence-corrected chi connectivity index (χ0v) is 12.9. The molecule has 0 aliphatic carbocycles. The Labute approximate surface area is 127 Å². The fraction of sp³-hybridized carbons (Fsp3) is 0.200. The lowest BCUT2D eigenvalue weighted by Crippen LogP contribution is -2.25. The topological polar surface area (TPSA) is 40.6 Å². The second kappa shape index (κ2) is 4.95. The number of hydrogen-bond acceptors (Lipinski definition) is 4. The number of benzene rings is 1. The quantitative estimate of drug-likeness (QED) is 0.839. The summed E-state index contributed by atoms with van der Waals surface area (Å²) in [5.74, 6) is -1.31. The second-order valence-corrected chi connectivity index (χ2v) is 7.28. The van der Waals surface area contributed by atoms with Crippen LogP contribution in [0.4, 0.5) is 14.5 Å². The Hall–Kier alpha value is -2.15. The molecule has 3 rings (SSSR count). The third kappa shape index (κ3) is 2.52. The van der Waals surface area contributed by atoms with E-state index in [1.165, 1.54) is 18.2 Å². The largest absolute Gasteiger partial charge is 0.328 e. The van der Waals surface area contributed by atoms with Crippen LogP contribution in [0.2, 0.25) is 0 Å². The minimum Gasteiger partial charge on any atom is -0.328 e. The zero-order valence-electron chi connectivity index (χ0n) is 12.0. The highest BCUT2D eigenvalue weighted by atomic mass is 32.2. The van der Waals surface area contributed by atoms with E-state index in [0.717, 1.165) is 12.3 Å². The van der Waals surface area contributed by atoms with Crippen LogP contribution in [0.25, 0.3) is 0 Å². The van der Waals surface area contributed by atoms with Gasteiger partial charge in [0.15, 0.2) is 9.84 Å². The first-order valence-corrected chi connectivity index (χ1v) is 8.45. The van der Waals surface area contributed by atoms with Gasteiger partial charge in [-0.15, -0.1) is 0 Å². The third-order valence-corrected chi connectivity index (χ3v) is 4.87. The second-order valence-electron chi connectivity index (χ2n) is 5.30. The molecule has 0 spiro atoms. The molecule has 2 heterocycles. The molecule has 7 heteroatoms. The van der Waals surface area contributed by atoms with Crippen LogP contribution in [-0.4, -0.2) is 26.2 Å². The van der Waals surface area contributed by atoms with Crippen molar-refractivity contribution < 1.29 is 17.2 Å². The molecule has 0 unspecified atom stereocenters. The monoisotopic (exact) mass is 324 g/mol. The first kappa shape index (κ1) is 14.8. The summed E-state index contributed by atoms with van der Waals surface area (Å²) < 4.78 is 50.2. The van der Waals surface area contributed by atoms with Crippen LogP contribution in [0.1, 0.15) is 6.92 Å². The summed E-state index contributed by atoms with van der Waals surface area (Å²) in [7, 11) is -3.32. The Kier molecular flexibility index (Phi) is 3.32. The molecular weight excluding hydrogens is 310 g/mol. The van der Waals surface area contributed by atoms with E-state index in [2.05, 4.69) is 0 Å². The van der Waals surface area contributed by atoms with E-state index in [0.29, 0.717) is 23.6 Å². The van der Waals surface area contributed by atoms with Gasteiger partial charge < -0.3 is 9.80 Å². The summed E-state index contributed by atoms with van der Waals surface area (Å²) in [4.78, 5) is 3.75. The number of allylic oxidation sites excluding steroid dienone is 2. The summed E-state index contributed by atoms with van der Waals surface area (Å²) >= 11 is 0. The maximum Gasteiger partial charge on any atom is 0.175 e. The van der Waals surface area contributed by atoms with Crippen LogP contribution in [-0.2, 0) is 9.84 Å². The summed E-state index contributed by atoms with van der Waals surface area (Å²) in [5, 5.41) is 0. The van der Waals surface area contributed by atoms with Crippen molar-refractivity contribution in [1.29, 1.82) is 0 Å². The highest BCUT2D eigenvalue weighted by molar-refractivity contribution is 7.94. The predicted molar refractivity (Wildman–Crippen MR) is 80.3 cm³/mol. The highest BCUT2D eigenvalue weighted by Crippen LogP contribution is 2.34. The van der Waals surface area contributed by atoms with Gasteiger partial charge in [0.1, 0.15) is 11.6 Å². The maximum absolute atomic E-state index is 13.3. The third-order valence-electron chi connectivity index (χ3n) is 3.63. The number of halogens is 2. The molecule has 0 saturated heterocycles. The first-order valence-electron chi connectivity index (χ1n) is 6.56. The van der Waals surface area contributed by atoms with E-state index in [-0.39, 0.29) is 4.91 Å². The van der Waals surface area contributed by atoms with E-state index in [1.807, 2.05) is 4.90 Å². The Bertz CT molecular complexity index is 821. The van der Waals surface area contributed by atoms with Gasteiger partial charge in [0.05, 0.1) is 17.3 Å². The normalized spacial score (nSPS) is 17.9. The van der Waals surface area contributed by atoms with Gasteiger partial charge in [0, 0.05) is 30.4 Å². The average Bonchev–Trinajstić information content (AvgIpc) is 2.81. The fourth-order valence-corrected chi connectivity index (χ4v) is 3.58. The minimum absolute atomic E-state index is 0.252.